The second-order valence-corrected chi connectivity index (χ2v) is 7.49. The highest BCUT2D eigenvalue weighted by Crippen LogP contribution is 2.17. The van der Waals surface area contributed by atoms with Crippen molar-refractivity contribution in [1.29, 1.82) is 0 Å². The number of carbonyl (C=O) groups excluding carboxylic acids is 2. The Morgan fingerprint density at radius 2 is 1.44 bits per heavy atom. The van der Waals surface area contributed by atoms with Gasteiger partial charge in [0.25, 0.3) is 0 Å². The first-order valence-electron chi connectivity index (χ1n) is 8.53. The molecule has 0 aliphatic heterocycles. The average molecular weight is 391 g/mol. The Bertz CT molecular complexity index is 761. The molecule has 0 unspecified atom stereocenters. The van der Waals surface area contributed by atoms with E-state index in [-0.39, 0.29) is 6.61 Å². The van der Waals surface area contributed by atoms with Gasteiger partial charge < -0.3 is 14.2 Å². The number of benzene rings is 2. The van der Waals surface area contributed by atoms with Crippen LogP contribution in [0.3, 0.4) is 0 Å². The van der Waals surface area contributed by atoms with E-state index in [0.717, 1.165) is 17.5 Å². The molecule has 0 aliphatic carbocycles. The second-order valence-electron chi connectivity index (χ2n) is 7.05. The molecule has 2 aromatic rings. The molecule has 0 aliphatic rings. The number of esters is 2. The minimum absolute atomic E-state index is 0.260. The minimum Gasteiger partial charge on any atom is -0.482 e. The van der Waals surface area contributed by atoms with E-state index in [9.17, 15) is 9.59 Å². The molecule has 6 heteroatoms. The smallest absolute Gasteiger partial charge is 0.347 e. The molecule has 2 aromatic carbocycles. The zero-order valence-electron chi connectivity index (χ0n) is 15.7. The summed E-state index contributed by atoms with van der Waals surface area (Å²) in [5, 5.41) is 0.711. The molecule has 5 nitrogen and oxygen atoms in total. The fourth-order valence-corrected chi connectivity index (χ4v) is 2.22. The highest BCUT2D eigenvalue weighted by Gasteiger charge is 2.23. The van der Waals surface area contributed by atoms with Gasteiger partial charge in [0.05, 0.1) is 5.41 Å². The summed E-state index contributed by atoms with van der Waals surface area (Å²) < 4.78 is 15.1. The van der Waals surface area contributed by atoms with Crippen molar-refractivity contribution in [2.75, 3.05) is 13.4 Å². The highest BCUT2D eigenvalue weighted by atomic mass is 35.5. The van der Waals surface area contributed by atoms with E-state index < -0.39 is 24.1 Å². The minimum atomic E-state index is -0.642. The zero-order chi connectivity index (χ0) is 19.9. The second kappa shape index (κ2) is 9.42. The fraction of sp³-hybridized carbons (Fsp3) is 0.333. The Labute approximate surface area is 164 Å². The molecular formula is C21H23ClO5. The summed E-state index contributed by atoms with van der Waals surface area (Å²) in [6.45, 7) is 4.48. The lowest BCUT2D eigenvalue weighted by molar-refractivity contribution is -0.174. The van der Waals surface area contributed by atoms with Crippen molar-refractivity contribution < 1.29 is 23.8 Å². The number of carbonyl (C=O) groups is 2. The molecule has 0 atom stereocenters. The van der Waals surface area contributed by atoms with E-state index in [1.807, 2.05) is 36.4 Å². The van der Waals surface area contributed by atoms with Crippen LogP contribution in [0.4, 0.5) is 0 Å². The lowest BCUT2D eigenvalue weighted by atomic mass is 9.98. The van der Waals surface area contributed by atoms with Crippen LogP contribution in [0, 0.1) is 5.41 Å². The molecule has 0 saturated heterocycles. The molecule has 0 saturated carbocycles. The van der Waals surface area contributed by atoms with E-state index >= 15 is 0 Å². The first kappa shape index (κ1) is 20.8. The maximum atomic E-state index is 11.6. The standard InChI is InChI=1S/C21H23ClO5/c1-21(2,3)20(24)27-14-26-19(23)13-25-18-10-6-16(7-11-18)12-15-4-8-17(22)9-5-15/h4-11H,12-14H2,1-3H3. The quantitative estimate of drug-likeness (QED) is 0.518. The van der Waals surface area contributed by atoms with Gasteiger partial charge in [-0.05, 0) is 62.6 Å². The normalized spacial score (nSPS) is 11.0. The van der Waals surface area contributed by atoms with Crippen LogP contribution in [0.15, 0.2) is 48.5 Å². The lowest BCUT2D eigenvalue weighted by Gasteiger charge is -2.16. The Morgan fingerprint density at radius 3 is 2.00 bits per heavy atom. The summed E-state index contributed by atoms with van der Waals surface area (Å²) in [7, 11) is 0. The van der Waals surface area contributed by atoms with Crippen LogP contribution in [-0.4, -0.2) is 25.3 Å². The maximum Gasteiger partial charge on any atom is 0.347 e. The van der Waals surface area contributed by atoms with Gasteiger partial charge in [-0.1, -0.05) is 35.9 Å². The summed E-state index contributed by atoms with van der Waals surface area (Å²) in [4.78, 5) is 23.2. The van der Waals surface area contributed by atoms with E-state index in [4.69, 9.17) is 25.8 Å². The van der Waals surface area contributed by atoms with Crippen molar-refractivity contribution in [1.82, 2.24) is 0 Å². The van der Waals surface area contributed by atoms with Gasteiger partial charge in [-0.2, -0.15) is 0 Å². The summed E-state index contributed by atoms with van der Waals surface area (Å²) in [6.07, 6.45) is 0.776. The maximum absolute atomic E-state index is 11.6. The molecule has 0 aromatic heterocycles. The Kier molecular flexibility index (Phi) is 7.25. The summed E-state index contributed by atoms with van der Waals surface area (Å²) >= 11 is 5.88. The number of halogens is 1. The van der Waals surface area contributed by atoms with Gasteiger partial charge in [-0.15, -0.1) is 0 Å². The van der Waals surface area contributed by atoms with Crippen LogP contribution in [0.25, 0.3) is 0 Å². The first-order valence-corrected chi connectivity index (χ1v) is 8.91. The monoisotopic (exact) mass is 390 g/mol. The van der Waals surface area contributed by atoms with Gasteiger partial charge in [0.15, 0.2) is 6.61 Å². The average Bonchev–Trinajstić information content (AvgIpc) is 2.62. The molecular weight excluding hydrogens is 368 g/mol. The van der Waals surface area contributed by atoms with Crippen molar-refractivity contribution in [2.45, 2.75) is 27.2 Å². The Balaban J connectivity index is 1.73. The fourth-order valence-electron chi connectivity index (χ4n) is 2.09. The summed E-state index contributed by atoms with van der Waals surface area (Å²) in [5.41, 5.74) is 1.62. The predicted molar refractivity (Wildman–Crippen MR) is 103 cm³/mol. The van der Waals surface area contributed by atoms with Crippen LogP contribution in [0.5, 0.6) is 5.75 Å². The van der Waals surface area contributed by atoms with Crippen molar-refractivity contribution in [3.8, 4) is 5.75 Å². The van der Waals surface area contributed by atoms with Gasteiger partial charge in [-0.3, -0.25) is 4.79 Å². The number of hydrogen-bond donors (Lipinski definition) is 0. The first-order chi connectivity index (χ1) is 12.7. The van der Waals surface area contributed by atoms with Gasteiger partial charge in [0.1, 0.15) is 5.75 Å². The summed E-state index contributed by atoms with van der Waals surface area (Å²) in [5.74, 6) is -0.493. The van der Waals surface area contributed by atoms with Gasteiger partial charge in [-0.25, -0.2) is 4.79 Å². The SMILES string of the molecule is CC(C)(C)C(=O)OCOC(=O)COc1ccc(Cc2ccc(Cl)cc2)cc1. The van der Waals surface area contributed by atoms with Crippen molar-refractivity contribution in [3.63, 3.8) is 0 Å². The molecule has 0 heterocycles. The van der Waals surface area contributed by atoms with E-state index in [1.54, 1.807) is 32.9 Å². The van der Waals surface area contributed by atoms with Crippen molar-refractivity contribution in [3.05, 3.63) is 64.7 Å². The highest BCUT2D eigenvalue weighted by molar-refractivity contribution is 6.30. The van der Waals surface area contributed by atoms with Crippen molar-refractivity contribution >= 4 is 23.5 Å². The lowest BCUT2D eigenvalue weighted by Crippen LogP contribution is -2.25. The van der Waals surface area contributed by atoms with Crippen LogP contribution in [-0.2, 0) is 25.5 Å². The van der Waals surface area contributed by atoms with Gasteiger partial charge in [0, 0.05) is 5.02 Å². The third-order valence-corrected chi connectivity index (χ3v) is 3.88. The third kappa shape index (κ3) is 7.31. The van der Waals surface area contributed by atoms with Crippen LogP contribution < -0.4 is 4.74 Å². The predicted octanol–water partition coefficient (Wildman–Crippen LogP) is 4.40. The number of ether oxygens (including phenoxy) is 3. The van der Waals surface area contributed by atoms with E-state index in [0.29, 0.717) is 10.8 Å². The molecule has 0 bridgehead atoms. The van der Waals surface area contributed by atoms with Gasteiger partial charge >= 0.3 is 11.9 Å². The molecule has 0 fully saturated rings. The number of rotatable bonds is 7. The zero-order valence-corrected chi connectivity index (χ0v) is 16.4. The van der Waals surface area contributed by atoms with Crippen LogP contribution >= 0.6 is 11.6 Å². The Hall–Kier alpha value is -2.53. The molecule has 0 radical (unpaired) electrons. The van der Waals surface area contributed by atoms with Crippen LogP contribution in [0.2, 0.25) is 5.02 Å². The molecule has 2 rings (SSSR count). The van der Waals surface area contributed by atoms with Crippen molar-refractivity contribution in [2.24, 2.45) is 5.41 Å². The largest absolute Gasteiger partial charge is 0.482 e. The van der Waals surface area contributed by atoms with Crippen LogP contribution in [0.1, 0.15) is 31.9 Å². The molecule has 144 valence electrons. The summed E-state index contributed by atoms with van der Waals surface area (Å²) in [6, 6.07) is 15.1. The topological polar surface area (TPSA) is 61.8 Å². The molecule has 0 amide bonds. The van der Waals surface area contributed by atoms with Gasteiger partial charge in [0.2, 0.25) is 6.79 Å². The molecule has 0 spiro atoms. The van der Waals surface area contributed by atoms with E-state index in [2.05, 4.69) is 0 Å². The molecule has 27 heavy (non-hydrogen) atoms. The third-order valence-electron chi connectivity index (χ3n) is 3.62. The molecule has 0 N–H and O–H groups in total. The number of hydrogen-bond acceptors (Lipinski definition) is 5. The Morgan fingerprint density at radius 1 is 0.889 bits per heavy atom. The van der Waals surface area contributed by atoms with E-state index in [1.165, 1.54) is 0 Å².